The Morgan fingerprint density at radius 1 is 1.47 bits per heavy atom. The lowest BCUT2D eigenvalue weighted by Gasteiger charge is -2.43. The maximum Gasteiger partial charge on any atom is 0.0940 e. The van der Waals surface area contributed by atoms with Crippen LogP contribution in [0, 0.1) is 0 Å². The van der Waals surface area contributed by atoms with Gasteiger partial charge in [-0.05, 0) is 27.7 Å². The second kappa shape index (κ2) is 4.37. The van der Waals surface area contributed by atoms with Crippen molar-refractivity contribution in [3.63, 3.8) is 0 Å². The number of aliphatic hydroxyl groups is 2. The average Bonchev–Trinajstić information content (AvgIpc) is 1.97. The summed E-state index contributed by atoms with van der Waals surface area (Å²) in [7, 11) is 0. The molecule has 0 aliphatic carbocycles. The molecule has 1 saturated heterocycles. The number of nitrogens with zero attached hydrogens (tertiary/aromatic N) is 1. The molecule has 0 radical (unpaired) electrons. The zero-order valence-corrected chi connectivity index (χ0v) is 10.2. The van der Waals surface area contributed by atoms with Gasteiger partial charge in [-0.2, -0.15) is 0 Å². The molecule has 0 amide bonds. The smallest absolute Gasteiger partial charge is 0.0940 e. The van der Waals surface area contributed by atoms with Gasteiger partial charge < -0.3 is 14.9 Å². The molecular weight excluding hydrogens is 194 g/mol. The summed E-state index contributed by atoms with van der Waals surface area (Å²) in [6.45, 7) is 9.71. The molecule has 1 atom stereocenters. The molecule has 90 valence electrons. The van der Waals surface area contributed by atoms with E-state index in [0.717, 1.165) is 6.54 Å². The Bertz CT molecular complexity index is 208. The Balaban J connectivity index is 2.58. The van der Waals surface area contributed by atoms with Crippen LogP contribution in [-0.4, -0.2) is 58.7 Å². The number of ether oxygens (including phenoxy) is 1. The summed E-state index contributed by atoms with van der Waals surface area (Å²) in [5, 5.41) is 18.9. The standard InChI is InChI=1S/C11H23NO3/c1-10(2,14)7-12-5-9(6-13)15-11(3,4)8-12/h9,13-14H,5-8H2,1-4H3. The van der Waals surface area contributed by atoms with Crippen LogP contribution in [0.4, 0.5) is 0 Å². The molecule has 15 heavy (non-hydrogen) atoms. The summed E-state index contributed by atoms with van der Waals surface area (Å²) in [6, 6.07) is 0. The second-order valence-electron chi connectivity index (χ2n) is 5.66. The van der Waals surface area contributed by atoms with Gasteiger partial charge in [-0.15, -0.1) is 0 Å². The first-order valence-electron chi connectivity index (χ1n) is 5.45. The van der Waals surface area contributed by atoms with Crippen LogP contribution in [0.15, 0.2) is 0 Å². The fourth-order valence-corrected chi connectivity index (χ4v) is 2.18. The van der Waals surface area contributed by atoms with Crippen LogP contribution in [0.2, 0.25) is 0 Å². The molecule has 1 aliphatic heterocycles. The molecule has 2 N–H and O–H groups in total. The summed E-state index contributed by atoms with van der Waals surface area (Å²) in [5.74, 6) is 0. The SMILES string of the molecule is CC(C)(O)CN1CC(CO)OC(C)(C)C1. The predicted molar refractivity (Wildman–Crippen MR) is 58.8 cm³/mol. The summed E-state index contributed by atoms with van der Waals surface area (Å²) < 4.78 is 5.69. The number of morpholine rings is 1. The number of hydrogen-bond acceptors (Lipinski definition) is 4. The van der Waals surface area contributed by atoms with Gasteiger partial charge in [-0.1, -0.05) is 0 Å². The van der Waals surface area contributed by atoms with Crippen molar-refractivity contribution in [3.8, 4) is 0 Å². The van der Waals surface area contributed by atoms with Gasteiger partial charge in [0.1, 0.15) is 0 Å². The molecule has 0 aromatic rings. The van der Waals surface area contributed by atoms with Crippen molar-refractivity contribution in [1.82, 2.24) is 4.90 Å². The van der Waals surface area contributed by atoms with Crippen molar-refractivity contribution >= 4 is 0 Å². The molecular formula is C11H23NO3. The highest BCUT2D eigenvalue weighted by molar-refractivity contribution is 4.86. The van der Waals surface area contributed by atoms with Gasteiger partial charge in [-0.3, -0.25) is 4.90 Å². The minimum atomic E-state index is -0.701. The molecule has 0 aromatic heterocycles. The first kappa shape index (κ1) is 12.9. The Morgan fingerprint density at radius 2 is 2.07 bits per heavy atom. The Kier molecular flexibility index (Phi) is 3.76. The lowest BCUT2D eigenvalue weighted by Crippen LogP contribution is -2.56. The van der Waals surface area contributed by atoms with Gasteiger partial charge in [0, 0.05) is 19.6 Å². The van der Waals surface area contributed by atoms with E-state index in [0.29, 0.717) is 13.1 Å². The van der Waals surface area contributed by atoms with E-state index in [9.17, 15) is 5.11 Å². The highest BCUT2D eigenvalue weighted by Crippen LogP contribution is 2.22. The molecule has 1 fully saturated rings. The molecule has 4 heteroatoms. The minimum absolute atomic E-state index is 0.0335. The summed E-state index contributed by atoms with van der Waals surface area (Å²) in [6.07, 6.45) is -0.143. The minimum Gasteiger partial charge on any atom is -0.394 e. The van der Waals surface area contributed by atoms with Crippen LogP contribution >= 0.6 is 0 Å². The van der Waals surface area contributed by atoms with Crippen molar-refractivity contribution in [2.75, 3.05) is 26.2 Å². The molecule has 4 nitrogen and oxygen atoms in total. The lowest BCUT2D eigenvalue weighted by atomic mass is 10.0. The van der Waals surface area contributed by atoms with E-state index in [1.165, 1.54) is 0 Å². The molecule has 0 spiro atoms. The Morgan fingerprint density at radius 3 is 2.53 bits per heavy atom. The van der Waals surface area contributed by atoms with Crippen molar-refractivity contribution in [2.45, 2.75) is 45.0 Å². The van der Waals surface area contributed by atoms with Gasteiger partial charge in [-0.25, -0.2) is 0 Å². The predicted octanol–water partition coefficient (Wildman–Crippen LogP) is 0.229. The fraction of sp³-hybridized carbons (Fsp3) is 1.00. The highest BCUT2D eigenvalue weighted by atomic mass is 16.5. The topological polar surface area (TPSA) is 52.9 Å². The monoisotopic (exact) mass is 217 g/mol. The van der Waals surface area contributed by atoms with E-state index in [4.69, 9.17) is 9.84 Å². The van der Waals surface area contributed by atoms with Crippen molar-refractivity contribution in [2.24, 2.45) is 0 Å². The van der Waals surface area contributed by atoms with Crippen molar-refractivity contribution in [3.05, 3.63) is 0 Å². The summed E-state index contributed by atoms with van der Waals surface area (Å²) >= 11 is 0. The lowest BCUT2D eigenvalue weighted by molar-refractivity contribution is -0.157. The van der Waals surface area contributed by atoms with E-state index < -0.39 is 5.60 Å². The van der Waals surface area contributed by atoms with Crippen molar-refractivity contribution in [1.29, 1.82) is 0 Å². The number of hydrogen-bond donors (Lipinski definition) is 2. The van der Waals surface area contributed by atoms with Crippen LogP contribution in [0.25, 0.3) is 0 Å². The summed E-state index contributed by atoms with van der Waals surface area (Å²) in [5.41, 5.74) is -0.954. The third-order valence-electron chi connectivity index (χ3n) is 2.37. The van der Waals surface area contributed by atoms with Crippen LogP contribution in [0.5, 0.6) is 0 Å². The zero-order chi connectivity index (χ0) is 11.7. The highest BCUT2D eigenvalue weighted by Gasteiger charge is 2.34. The Hall–Kier alpha value is -0.160. The van der Waals surface area contributed by atoms with Crippen LogP contribution in [0.1, 0.15) is 27.7 Å². The van der Waals surface area contributed by atoms with E-state index in [1.807, 2.05) is 13.8 Å². The molecule has 1 heterocycles. The largest absolute Gasteiger partial charge is 0.394 e. The van der Waals surface area contributed by atoms with E-state index in [2.05, 4.69) is 4.90 Å². The van der Waals surface area contributed by atoms with E-state index in [1.54, 1.807) is 13.8 Å². The Labute approximate surface area is 91.8 Å². The van der Waals surface area contributed by atoms with Crippen LogP contribution < -0.4 is 0 Å². The van der Waals surface area contributed by atoms with Crippen LogP contribution in [-0.2, 0) is 4.74 Å². The molecule has 1 unspecified atom stereocenters. The third kappa shape index (κ3) is 4.47. The van der Waals surface area contributed by atoms with Gasteiger partial charge in [0.2, 0.25) is 0 Å². The average molecular weight is 217 g/mol. The fourth-order valence-electron chi connectivity index (χ4n) is 2.18. The maximum absolute atomic E-state index is 9.75. The third-order valence-corrected chi connectivity index (χ3v) is 2.37. The number of aliphatic hydroxyl groups excluding tert-OH is 1. The van der Waals surface area contributed by atoms with E-state index >= 15 is 0 Å². The zero-order valence-electron chi connectivity index (χ0n) is 10.2. The number of rotatable bonds is 3. The van der Waals surface area contributed by atoms with Crippen molar-refractivity contribution < 1.29 is 14.9 Å². The maximum atomic E-state index is 9.75. The first-order valence-corrected chi connectivity index (χ1v) is 5.45. The van der Waals surface area contributed by atoms with Gasteiger partial charge in [0.25, 0.3) is 0 Å². The second-order valence-corrected chi connectivity index (χ2v) is 5.66. The van der Waals surface area contributed by atoms with Gasteiger partial charge >= 0.3 is 0 Å². The normalized spacial score (nSPS) is 28.0. The number of β-amino-alcohol motifs (C(OH)–C–C–N with tert-alkyl or cyclic N) is 1. The molecule has 0 aromatic carbocycles. The summed E-state index contributed by atoms with van der Waals surface area (Å²) in [4.78, 5) is 2.14. The van der Waals surface area contributed by atoms with E-state index in [-0.39, 0.29) is 18.3 Å². The van der Waals surface area contributed by atoms with Gasteiger partial charge in [0.05, 0.1) is 23.9 Å². The first-order chi connectivity index (χ1) is 6.72. The quantitative estimate of drug-likeness (QED) is 0.710. The van der Waals surface area contributed by atoms with Crippen LogP contribution in [0.3, 0.4) is 0 Å². The molecule has 0 bridgehead atoms. The molecule has 1 aliphatic rings. The molecule has 1 rings (SSSR count). The molecule has 0 saturated carbocycles. The van der Waals surface area contributed by atoms with Gasteiger partial charge in [0.15, 0.2) is 0 Å².